The van der Waals surface area contributed by atoms with E-state index in [1.807, 2.05) is 22.6 Å². The van der Waals surface area contributed by atoms with Crippen LogP contribution in [-0.2, 0) is 11.2 Å². The summed E-state index contributed by atoms with van der Waals surface area (Å²) in [6, 6.07) is 3.07. The zero-order valence-corrected chi connectivity index (χ0v) is 14.4. The largest absolute Gasteiger partial charge is 0.443 e. The van der Waals surface area contributed by atoms with Gasteiger partial charge in [0, 0.05) is 33.9 Å². The first-order valence-electron chi connectivity index (χ1n) is 6.46. The standard InChI is InChI=1S/C13H18IN3O5/c1-13(2,22-12(15)19)7-8-5-10(16-3-4-18)9(14)6-11(8)17(20)21/h5-6,16,18H,3-4,7H2,1-2H3,(H2,15,19). The van der Waals surface area contributed by atoms with Crippen molar-refractivity contribution in [1.82, 2.24) is 0 Å². The number of halogens is 1. The van der Waals surface area contributed by atoms with Gasteiger partial charge in [-0.25, -0.2) is 4.79 Å². The van der Waals surface area contributed by atoms with Crippen LogP contribution in [0.2, 0.25) is 0 Å². The van der Waals surface area contributed by atoms with Gasteiger partial charge < -0.3 is 20.9 Å². The molecule has 0 heterocycles. The Bertz CT molecular complexity index is 577. The highest BCUT2D eigenvalue weighted by atomic mass is 127. The molecular weight excluding hydrogens is 405 g/mol. The third-order valence-electron chi connectivity index (χ3n) is 2.79. The molecule has 0 saturated heterocycles. The molecule has 1 aromatic rings. The van der Waals surface area contributed by atoms with Crippen LogP contribution in [0.3, 0.4) is 0 Å². The van der Waals surface area contributed by atoms with E-state index >= 15 is 0 Å². The van der Waals surface area contributed by atoms with Crippen LogP contribution in [0.5, 0.6) is 0 Å². The number of nitrogens with one attached hydrogen (secondary N) is 1. The molecule has 22 heavy (non-hydrogen) atoms. The van der Waals surface area contributed by atoms with E-state index in [9.17, 15) is 14.9 Å². The van der Waals surface area contributed by atoms with Gasteiger partial charge in [0.2, 0.25) is 0 Å². The number of nitrogens with zero attached hydrogens (tertiary/aromatic N) is 1. The molecule has 0 bridgehead atoms. The maximum Gasteiger partial charge on any atom is 0.405 e. The molecule has 1 rings (SSSR count). The maximum atomic E-state index is 11.2. The van der Waals surface area contributed by atoms with Crippen molar-refractivity contribution in [2.24, 2.45) is 5.73 Å². The highest BCUT2D eigenvalue weighted by Gasteiger charge is 2.27. The summed E-state index contributed by atoms with van der Waals surface area (Å²) in [5.41, 5.74) is 5.07. The molecule has 0 unspecified atom stereocenters. The summed E-state index contributed by atoms with van der Waals surface area (Å²) in [6.45, 7) is 3.52. The average Bonchev–Trinajstić information content (AvgIpc) is 2.36. The van der Waals surface area contributed by atoms with E-state index in [0.717, 1.165) is 0 Å². The van der Waals surface area contributed by atoms with Crippen LogP contribution in [0.4, 0.5) is 16.2 Å². The van der Waals surface area contributed by atoms with Crippen LogP contribution in [0, 0.1) is 13.7 Å². The zero-order valence-electron chi connectivity index (χ0n) is 12.3. The Hall–Kier alpha value is -1.62. The van der Waals surface area contributed by atoms with Gasteiger partial charge in [-0.3, -0.25) is 10.1 Å². The van der Waals surface area contributed by atoms with Crippen molar-refractivity contribution in [3.05, 3.63) is 31.4 Å². The van der Waals surface area contributed by atoms with E-state index in [-0.39, 0.29) is 18.7 Å². The third-order valence-corrected chi connectivity index (χ3v) is 3.68. The number of amides is 1. The number of benzene rings is 1. The van der Waals surface area contributed by atoms with Crippen LogP contribution in [0.25, 0.3) is 0 Å². The molecule has 122 valence electrons. The highest BCUT2D eigenvalue weighted by molar-refractivity contribution is 14.1. The lowest BCUT2D eigenvalue weighted by atomic mass is 9.96. The summed E-state index contributed by atoms with van der Waals surface area (Å²) < 4.78 is 5.64. The van der Waals surface area contributed by atoms with E-state index in [1.54, 1.807) is 19.9 Å². The molecule has 0 saturated carbocycles. The van der Waals surface area contributed by atoms with Gasteiger partial charge in [-0.15, -0.1) is 0 Å². The number of ether oxygens (including phenoxy) is 1. The number of nitro groups is 1. The SMILES string of the molecule is CC(C)(Cc1cc(NCCO)c(I)cc1[N+](=O)[O-])OC(N)=O. The first kappa shape index (κ1) is 18.4. The molecule has 4 N–H and O–H groups in total. The van der Waals surface area contributed by atoms with Gasteiger partial charge in [0.1, 0.15) is 5.60 Å². The summed E-state index contributed by atoms with van der Waals surface area (Å²) in [6.07, 6.45) is -0.798. The fourth-order valence-electron chi connectivity index (χ4n) is 2.01. The number of carbonyl (C=O) groups is 1. The van der Waals surface area contributed by atoms with Gasteiger partial charge in [-0.2, -0.15) is 0 Å². The minimum absolute atomic E-state index is 0.0555. The normalized spacial score (nSPS) is 11.1. The van der Waals surface area contributed by atoms with Crippen LogP contribution >= 0.6 is 22.6 Å². The maximum absolute atomic E-state index is 11.2. The van der Waals surface area contributed by atoms with E-state index in [0.29, 0.717) is 21.4 Å². The quantitative estimate of drug-likeness (QED) is 0.350. The summed E-state index contributed by atoms with van der Waals surface area (Å²) in [5, 5.41) is 23.1. The van der Waals surface area contributed by atoms with Gasteiger partial charge in [0.05, 0.1) is 11.5 Å². The van der Waals surface area contributed by atoms with Crippen molar-refractivity contribution in [3.8, 4) is 0 Å². The molecule has 0 atom stereocenters. The van der Waals surface area contributed by atoms with Crippen molar-refractivity contribution in [3.63, 3.8) is 0 Å². The smallest absolute Gasteiger partial charge is 0.405 e. The molecule has 0 aromatic heterocycles. The second-order valence-electron chi connectivity index (χ2n) is 5.23. The second-order valence-corrected chi connectivity index (χ2v) is 6.39. The number of rotatable bonds is 7. The lowest BCUT2D eigenvalue weighted by Gasteiger charge is -2.24. The van der Waals surface area contributed by atoms with Crippen molar-refractivity contribution < 1.29 is 19.6 Å². The predicted octanol–water partition coefficient (Wildman–Crippen LogP) is 2.02. The molecule has 1 amide bonds. The van der Waals surface area contributed by atoms with Gasteiger partial charge in [0.15, 0.2) is 0 Å². The van der Waals surface area contributed by atoms with Crippen molar-refractivity contribution in [1.29, 1.82) is 0 Å². The Morgan fingerprint density at radius 2 is 2.18 bits per heavy atom. The van der Waals surface area contributed by atoms with Gasteiger partial charge in [-0.1, -0.05) is 0 Å². The van der Waals surface area contributed by atoms with Gasteiger partial charge in [0.25, 0.3) is 5.69 Å². The van der Waals surface area contributed by atoms with E-state index in [1.165, 1.54) is 6.07 Å². The average molecular weight is 423 g/mol. The first-order chi connectivity index (χ1) is 10.2. The summed E-state index contributed by atoms with van der Waals surface area (Å²) in [5.74, 6) is 0. The van der Waals surface area contributed by atoms with Gasteiger partial charge >= 0.3 is 6.09 Å². The van der Waals surface area contributed by atoms with E-state index in [4.69, 9.17) is 15.6 Å². The van der Waals surface area contributed by atoms with Crippen molar-refractivity contribution >= 4 is 40.1 Å². The lowest BCUT2D eigenvalue weighted by Crippen LogP contribution is -2.33. The molecule has 9 heteroatoms. The van der Waals surface area contributed by atoms with E-state index < -0.39 is 16.6 Å². The predicted molar refractivity (Wildman–Crippen MR) is 89.8 cm³/mol. The third kappa shape index (κ3) is 5.30. The van der Waals surface area contributed by atoms with Crippen molar-refractivity contribution in [2.75, 3.05) is 18.5 Å². The van der Waals surface area contributed by atoms with Crippen LogP contribution in [0.1, 0.15) is 19.4 Å². The number of primary amides is 1. The fourth-order valence-corrected chi connectivity index (χ4v) is 2.65. The highest BCUT2D eigenvalue weighted by Crippen LogP contribution is 2.31. The molecule has 1 aromatic carbocycles. The number of anilines is 1. The zero-order chi connectivity index (χ0) is 16.9. The number of hydrogen-bond acceptors (Lipinski definition) is 6. The second kappa shape index (κ2) is 7.58. The number of nitrogens with two attached hydrogens (primary N) is 1. The number of nitro benzene ring substituents is 1. The topological polar surface area (TPSA) is 128 Å². The number of aliphatic hydroxyl groups is 1. The Balaban J connectivity index is 3.18. The summed E-state index contributed by atoms with van der Waals surface area (Å²) in [4.78, 5) is 21.6. The molecule has 0 aliphatic carbocycles. The molecule has 0 fully saturated rings. The fraction of sp³-hybridized carbons (Fsp3) is 0.462. The minimum Gasteiger partial charge on any atom is -0.443 e. The lowest BCUT2D eigenvalue weighted by molar-refractivity contribution is -0.385. The van der Waals surface area contributed by atoms with Crippen LogP contribution in [-0.4, -0.2) is 34.9 Å². The Morgan fingerprint density at radius 1 is 1.55 bits per heavy atom. The number of aliphatic hydroxyl groups excluding tert-OH is 1. The Labute approximate surface area is 141 Å². The van der Waals surface area contributed by atoms with Crippen molar-refractivity contribution in [2.45, 2.75) is 25.9 Å². The number of hydrogen-bond donors (Lipinski definition) is 3. The summed E-state index contributed by atoms with van der Waals surface area (Å²) >= 11 is 1.98. The van der Waals surface area contributed by atoms with E-state index in [2.05, 4.69) is 5.32 Å². The molecule has 8 nitrogen and oxygen atoms in total. The van der Waals surface area contributed by atoms with Crippen LogP contribution in [0.15, 0.2) is 12.1 Å². The Morgan fingerprint density at radius 3 is 2.68 bits per heavy atom. The molecule has 0 spiro atoms. The number of carbonyl (C=O) groups excluding carboxylic acids is 1. The summed E-state index contributed by atoms with van der Waals surface area (Å²) in [7, 11) is 0. The molecule has 0 aliphatic heterocycles. The monoisotopic (exact) mass is 423 g/mol. The Kier molecular flexibility index (Phi) is 6.35. The van der Waals surface area contributed by atoms with Crippen LogP contribution < -0.4 is 11.1 Å². The molecule has 0 aliphatic rings. The minimum atomic E-state index is -0.975. The first-order valence-corrected chi connectivity index (χ1v) is 7.54. The van der Waals surface area contributed by atoms with Gasteiger partial charge in [-0.05, 0) is 42.5 Å². The molecule has 0 radical (unpaired) electrons. The molecular formula is C13H18IN3O5.